The molecule has 0 spiro atoms. The first-order chi connectivity index (χ1) is 11.2. The fourth-order valence-electron chi connectivity index (χ4n) is 2.01. The minimum atomic E-state index is -0.415. The summed E-state index contributed by atoms with van der Waals surface area (Å²) in [5, 5.41) is 7.53. The summed E-state index contributed by atoms with van der Waals surface area (Å²) >= 11 is 5.85. The predicted molar refractivity (Wildman–Crippen MR) is 87.3 cm³/mol. The molecule has 7 heteroatoms. The van der Waals surface area contributed by atoms with Gasteiger partial charge in [-0.25, -0.2) is 9.67 Å². The van der Waals surface area contributed by atoms with Gasteiger partial charge in [0.15, 0.2) is 0 Å². The SMILES string of the molecule is COc1ccccc1NC(=O)c1ncn(-c2ccc(Cl)cc2)n1. The Hall–Kier alpha value is -2.86. The molecule has 2 aromatic carbocycles. The fraction of sp³-hybridized carbons (Fsp3) is 0.0625. The quantitative estimate of drug-likeness (QED) is 0.798. The molecule has 1 amide bonds. The maximum atomic E-state index is 12.3. The van der Waals surface area contributed by atoms with Crippen molar-refractivity contribution >= 4 is 23.2 Å². The van der Waals surface area contributed by atoms with E-state index >= 15 is 0 Å². The molecule has 23 heavy (non-hydrogen) atoms. The Bertz CT molecular complexity index is 830. The van der Waals surface area contributed by atoms with Crippen molar-refractivity contribution in [1.82, 2.24) is 14.8 Å². The molecule has 1 aromatic heterocycles. The number of amides is 1. The van der Waals surface area contributed by atoms with Crippen LogP contribution in [0.2, 0.25) is 5.02 Å². The van der Waals surface area contributed by atoms with E-state index in [1.54, 1.807) is 49.6 Å². The van der Waals surface area contributed by atoms with Crippen LogP contribution in [0.3, 0.4) is 0 Å². The molecule has 0 aliphatic heterocycles. The molecule has 0 fully saturated rings. The maximum absolute atomic E-state index is 12.3. The molecule has 0 saturated heterocycles. The standard InChI is InChI=1S/C16H13ClN4O2/c1-23-14-5-3-2-4-13(14)19-16(22)15-18-10-21(20-15)12-8-6-11(17)7-9-12/h2-10H,1H3,(H,19,22). The summed E-state index contributed by atoms with van der Waals surface area (Å²) in [5.74, 6) is 0.214. The number of halogens is 1. The number of anilines is 1. The van der Waals surface area contributed by atoms with Crippen molar-refractivity contribution in [1.29, 1.82) is 0 Å². The molecular weight excluding hydrogens is 316 g/mol. The van der Waals surface area contributed by atoms with Gasteiger partial charge >= 0.3 is 0 Å². The Kier molecular flexibility index (Phi) is 4.25. The first-order valence-corrected chi connectivity index (χ1v) is 7.17. The second-order valence-corrected chi connectivity index (χ2v) is 5.08. The molecule has 6 nitrogen and oxygen atoms in total. The molecular formula is C16H13ClN4O2. The van der Waals surface area contributed by atoms with Crippen molar-refractivity contribution in [2.45, 2.75) is 0 Å². The lowest BCUT2D eigenvalue weighted by Gasteiger charge is -2.08. The number of aromatic nitrogens is 3. The van der Waals surface area contributed by atoms with E-state index < -0.39 is 5.91 Å². The highest BCUT2D eigenvalue weighted by molar-refractivity contribution is 6.30. The minimum absolute atomic E-state index is 0.0610. The summed E-state index contributed by atoms with van der Waals surface area (Å²) < 4.78 is 6.70. The van der Waals surface area contributed by atoms with Gasteiger partial charge in [-0.2, -0.15) is 0 Å². The van der Waals surface area contributed by atoms with E-state index in [4.69, 9.17) is 16.3 Å². The molecule has 0 bridgehead atoms. The van der Waals surface area contributed by atoms with E-state index in [0.29, 0.717) is 16.5 Å². The van der Waals surface area contributed by atoms with Gasteiger partial charge in [0.2, 0.25) is 5.82 Å². The van der Waals surface area contributed by atoms with Gasteiger partial charge in [-0.15, -0.1) is 5.10 Å². The van der Waals surface area contributed by atoms with E-state index in [0.717, 1.165) is 5.69 Å². The Morgan fingerprint density at radius 2 is 1.91 bits per heavy atom. The molecule has 0 aliphatic rings. The Morgan fingerprint density at radius 3 is 2.65 bits per heavy atom. The number of para-hydroxylation sites is 2. The number of hydrogen-bond acceptors (Lipinski definition) is 4. The molecule has 0 unspecified atom stereocenters. The van der Waals surface area contributed by atoms with Gasteiger partial charge in [0, 0.05) is 5.02 Å². The third-order valence-corrected chi connectivity index (χ3v) is 3.39. The number of nitrogens with one attached hydrogen (secondary N) is 1. The number of rotatable bonds is 4. The van der Waals surface area contributed by atoms with Gasteiger partial charge in [0.1, 0.15) is 12.1 Å². The van der Waals surface area contributed by atoms with Gasteiger partial charge in [-0.05, 0) is 36.4 Å². The number of hydrogen-bond donors (Lipinski definition) is 1. The van der Waals surface area contributed by atoms with Crippen molar-refractivity contribution in [2.24, 2.45) is 0 Å². The predicted octanol–water partition coefficient (Wildman–Crippen LogP) is 3.18. The van der Waals surface area contributed by atoms with Gasteiger partial charge < -0.3 is 10.1 Å². The zero-order valence-electron chi connectivity index (χ0n) is 12.2. The molecule has 0 radical (unpaired) electrons. The largest absolute Gasteiger partial charge is 0.495 e. The van der Waals surface area contributed by atoms with Crippen molar-refractivity contribution in [3.63, 3.8) is 0 Å². The van der Waals surface area contributed by atoms with Crippen LogP contribution in [-0.4, -0.2) is 27.8 Å². The summed E-state index contributed by atoms with van der Waals surface area (Å²) in [5.41, 5.74) is 1.32. The van der Waals surface area contributed by atoms with E-state index in [2.05, 4.69) is 15.4 Å². The molecule has 1 heterocycles. The summed E-state index contributed by atoms with van der Waals surface area (Å²) in [6.45, 7) is 0. The normalized spacial score (nSPS) is 10.3. The number of methoxy groups -OCH3 is 1. The Balaban J connectivity index is 1.80. The number of benzene rings is 2. The highest BCUT2D eigenvalue weighted by Gasteiger charge is 2.14. The average molecular weight is 329 g/mol. The van der Waals surface area contributed by atoms with Crippen LogP contribution in [0.4, 0.5) is 5.69 Å². The molecule has 116 valence electrons. The second kappa shape index (κ2) is 6.50. The minimum Gasteiger partial charge on any atom is -0.495 e. The van der Waals surface area contributed by atoms with Crippen LogP contribution in [0.5, 0.6) is 5.75 Å². The summed E-state index contributed by atoms with van der Waals surface area (Å²) in [6.07, 6.45) is 1.47. The third-order valence-electron chi connectivity index (χ3n) is 3.14. The average Bonchev–Trinajstić information content (AvgIpc) is 3.06. The van der Waals surface area contributed by atoms with Gasteiger partial charge in [0.25, 0.3) is 5.91 Å². The monoisotopic (exact) mass is 328 g/mol. The molecule has 1 N–H and O–H groups in total. The third kappa shape index (κ3) is 3.32. The lowest BCUT2D eigenvalue weighted by Crippen LogP contribution is -2.14. The molecule has 3 aromatic rings. The van der Waals surface area contributed by atoms with Crippen LogP contribution >= 0.6 is 11.6 Å². The van der Waals surface area contributed by atoms with Crippen LogP contribution in [-0.2, 0) is 0 Å². The number of nitrogens with zero attached hydrogens (tertiary/aromatic N) is 3. The zero-order chi connectivity index (χ0) is 16.2. The van der Waals surface area contributed by atoms with Crippen LogP contribution in [0.25, 0.3) is 5.69 Å². The lowest BCUT2D eigenvalue weighted by molar-refractivity contribution is 0.101. The number of carbonyl (C=O) groups excluding carboxylic acids is 1. The van der Waals surface area contributed by atoms with E-state index in [9.17, 15) is 4.79 Å². The molecule has 0 atom stereocenters. The van der Waals surface area contributed by atoms with Crippen molar-refractivity contribution in [2.75, 3.05) is 12.4 Å². The van der Waals surface area contributed by atoms with Crippen LogP contribution in [0, 0.1) is 0 Å². The molecule has 0 saturated carbocycles. The first kappa shape index (κ1) is 15.1. The summed E-state index contributed by atoms with van der Waals surface area (Å²) in [6, 6.07) is 14.2. The molecule has 3 rings (SSSR count). The fourth-order valence-corrected chi connectivity index (χ4v) is 2.14. The second-order valence-electron chi connectivity index (χ2n) is 4.64. The zero-order valence-corrected chi connectivity index (χ0v) is 13.0. The van der Waals surface area contributed by atoms with Crippen molar-refractivity contribution in [3.05, 3.63) is 65.7 Å². The van der Waals surface area contributed by atoms with Crippen molar-refractivity contribution in [3.8, 4) is 11.4 Å². The van der Waals surface area contributed by atoms with Crippen molar-refractivity contribution < 1.29 is 9.53 Å². The smallest absolute Gasteiger partial charge is 0.295 e. The van der Waals surface area contributed by atoms with Gasteiger partial charge in [0.05, 0.1) is 18.5 Å². The molecule has 0 aliphatic carbocycles. The number of ether oxygens (including phenoxy) is 1. The highest BCUT2D eigenvalue weighted by Crippen LogP contribution is 2.23. The number of carbonyl (C=O) groups is 1. The lowest BCUT2D eigenvalue weighted by atomic mass is 10.3. The topological polar surface area (TPSA) is 69.0 Å². The Morgan fingerprint density at radius 1 is 1.17 bits per heavy atom. The van der Waals surface area contributed by atoms with Crippen LogP contribution < -0.4 is 10.1 Å². The highest BCUT2D eigenvalue weighted by atomic mass is 35.5. The van der Waals surface area contributed by atoms with E-state index in [-0.39, 0.29) is 5.82 Å². The van der Waals surface area contributed by atoms with Crippen LogP contribution in [0.1, 0.15) is 10.6 Å². The maximum Gasteiger partial charge on any atom is 0.295 e. The Labute approximate surface area is 137 Å². The van der Waals surface area contributed by atoms with E-state index in [1.807, 2.05) is 6.07 Å². The van der Waals surface area contributed by atoms with Gasteiger partial charge in [-0.3, -0.25) is 4.79 Å². The van der Waals surface area contributed by atoms with E-state index in [1.165, 1.54) is 11.0 Å². The van der Waals surface area contributed by atoms with Gasteiger partial charge in [-0.1, -0.05) is 23.7 Å². The first-order valence-electron chi connectivity index (χ1n) is 6.79. The summed E-state index contributed by atoms with van der Waals surface area (Å²) in [7, 11) is 1.54. The summed E-state index contributed by atoms with van der Waals surface area (Å²) in [4.78, 5) is 16.3. The van der Waals surface area contributed by atoms with Crippen LogP contribution in [0.15, 0.2) is 54.9 Å².